The van der Waals surface area contributed by atoms with Crippen LogP contribution in [0, 0.1) is 11.8 Å². The maximum Gasteiger partial charge on any atom is 0.309 e. The molecule has 1 atom stereocenters. The number of amides is 1. The summed E-state index contributed by atoms with van der Waals surface area (Å²) in [6.07, 6.45) is 4.53. The molecule has 0 bridgehead atoms. The number of carbonyl (C=O) groups is 2. The van der Waals surface area contributed by atoms with E-state index >= 15 is 0 Å². The van der Waals surface area contributed by atoms with Gasteiger partial charge < -0.3 is 10.1 Å². The molecule has 1 saturated carbocycles. The molecule has 4 nitrogen and oxygen atoms in total. The highest BCUT2D eigenvalue weighted by Gasteiger charge is 2.31. The summed E-state index contributed by atoms with van der Waals surface area (Å²) < 4.78 is 5.10. The van der Waals surface area contributed by atoms with Crippen LogP contribution >= 0.6 is 11.3 Å². The van der Waals surface area contributed by atoms with Gasteiger partial charge in [-0.15, -0.1) is 11.3 Å². The lowest BCUT2D eigenvalue weighted by atomic mass is 9.88. The summed E-state index contributed by atoms with van der Waals surface area (Å²) in [5, 5.41) is 3.92. The van der Waals surface area contributed by atoms with Crippen LogP contribution in [0.3, 0.4) is 0 Å². The quantitative estimate of drug-likeness (QED) is 0.868. The number of anilines is 1. The number of nitrogens with one attached hydrogen (secondary N) is 1. The third kappa shape index (κ3) is 2.87. The van der Waals surface area contributed by atoms with E-state index in [4.69, 9.17) is 4.74 Å². The molecule has 2 aliphatic carbocycles. The van der Waals surface area contributed by atoms with Crippen molar-refractivity contribution in [1.29, 1.82) is 0 Å². The summed E-state index contributed by atoms with van der Waals surface area (Å²) in [5.41, 5.74) is 1.20. The lowest BCUT2D eigenvalue weighted by molar-refractivity contribution is -0.148. The Bertz CT molecular complexity index is 533. The van der Waals surface area contributed by atoms with Gasteiger partial charge in [0.05, 0.1) is 17.5 Å². The van der Waals surface area contributed by atoms with Gasteiger partial charge in [-0.25, -0.2) is 0 Å². The normalized spacial score (nSPS) is 21.1. The maximum absolute atomic E-state index is 11.8. The number of thiophene rings is 1. The molecular weight excluding hydrogens is 274 g/mol. The first-order chi connectivity index (χ1) is 9.67. The zero-order valence-electron chi connectivity index (χ0n) is 11.6. The lowest BCUT2D eigenvalue weighted by Crippen LogP contribution is -2.23. The summed E-state index contributed by atoms with van der Waals surface area (Å²) in [6, 6.07) is 2.03. The van der Waals surface area contributed by atoms with Gasteiger partial charge in [0.25, 0.3) is 0 Å². The molecule has 1 fully saturated rings. The average Bonchev–Trinajstić information content (AvgIpc) is 3.19. The van der Waals surface area contributed by atoms with E-state index in [-0.39, 0.29) is 23.7 Å². The van der Waals surface area contributed by atoms with Crippen molar-refractivity contribution in [3.8, 4) is 0 Å². The number of rotatable bonds is 4. The smallest absolute Gasteiger partial charge is 0.309 e. The topological polar surface area (TPSA) is 55.4 Å². The second-order valence-corrected chi connectivity index (χ2v) is 6.65. The largest absolute Gasteiger partial charge is 0.466 e. The SMILES string of the molecule is CCOC(=O)C1CCc2sc(NC(=O)C3CC3)cc2C1. The number of carbonyl (C=O) groups excluding carboxylic acids is 2. The molecule has 108 valence electrons. The summed E-state index contributed by atoms with van der Waals surface area (Å²) in [7, 11) is 0. The summed E-state index contributed by atoms with van der Waals surface area (Å²) in [5.74, 6) is 0.254. The van der Waals surface area contributed by atoms with E-state index in [0.717, 1.165) is 37.1 Å². The van der Waals surface area contributed by atoms with Gasteiger partial charge in [-0.3, -0.25) is 9.59 Å². The lowest BCUT2D eigenvalue weighted by Gasteiger charge is -2.19. The molecule has 0 radical (unpaired) electrons. The molecule has 1 aromatic rings. The van der Waals surface area contributed by atoms with Crippen molar-refractivity contribution in [1.82, 2.24) is 0 Å². The van der Waals surface area contributed by atoms with Gasteiger partial charge in [-0.1, -0.05) is 0 Å². The molecule has 5 heteroatoms. The van der Waals surface area contributed by atoms with Crippen molar-refractivity contribution >= 4 is 28.2 Å². The van der Waals surface area contributed by atoms with Gasteiger partial charge in [0.15, 0.2) is 0 Å². The molecule has 0 aromatic carbocycles. The summed E-state index contributed by atoms with van der Waals surface area (Å²) in [6.45, 7) is 2.27. The van der Waals surface area contributed by atoms with Crippen LogP contribution < -0.4 is 5.32 Å². The van der Waals surface area contributed by atoms with Crippen molar-refractivity contribution in [3.05, 3.63) is 16.5 Å². The number of esters is 1. The van der Waals surface area contributed by atoms with Gasteiger partial charge in [0.1, 0.15) is 0 Å². The first-order valence-electron chi connectivity index (χ1n) is 7.26. The molecule has 3 rings (SSSR count). The Hall–Kier alpha value is -1.36. The van der Waals surface area contributed by atoms with Crippen molar-refractivity contribution in [2.24, 2.45) is 11.8 Å². The van der Waals surface area contributed by atoms with Crippen LogP contribution in [0.15, 0.2) is 6.07 Å². The maximum atomic E-state index is 11.8. The molecule has 1 amide bonds. The monoisotopic (exact) mass is 293 g/mol. The number of hydrogen-bond donors (Lipinski definition) is 1. The molecule has 2 aliphatic rings. The molecule has 1 unspecified atom stereocenters. The van der Waals surface area contributed by atoms with Crippen LogP contribution in [-0.2, 0) is 27.2 Å². The number of aryl methyl sites for hydroxylation is 1. The molecule has 0 saturated heterocycles. The van der Waals surface area contributed by atoms with Crippen LogP contribution in [0.1, 0.15) is 36.6 Å². The van der Waals surface area contributed by atoms with E-state index in [2.05, 4.69) is 5.32 Å². The van der Waals surface area contributed by atoms with Gasteiger partial charge in [0.2, 0.25) is 5.91 Å². The standard InChI is InChI=1S/C15H19NO3S/c1-2-19-15(18)10-5-6-12-11(7-10)8-13(20-12)16-14(17)9-3-4-9/h8-10H,2-7H2,1H3,(H,16,17). The van der Waals surface area contributed by atoms with E-state index in [9.17, 15) is 9.59 Å². The fraction of sp³-hybridized carbons (Fsp3) is 0.600. The minimum atomic E-state index is -0.0899. The van der Waals surface area contributed by atoms with Crippen LogP contribution in [0.25, 0.3) is 0 Å². The second kappa shape index (κ2) is 5.56. The highest BCUT2D eigenvalue weighted by Crippen LogP contribution is 2.37. The average molecular weight is 293 g/mol. The molecule has 1 heterocycles. The number of ether oxygens (including phenoxy) is 1. The zero-order valence-corrected chi connectivity index (χ0v) is 12.4. The van der Waals surface area contributed by atoms with Crippen molar-refractivity contribution in [2.75, 3.05) is 11.9 Å². The molecule has 1 N–H and O–H groups in total. The summed E-state index contributed by atoms with van der Waals surface area (Å²) in [4.78, 5) is 24.9. The van der Waals surface area contributed by atoms with E-state index < -0.39 is 0 Å². The Balaban J connectivity index is 1.65. The van der Waals surface area contributed by atoms with E-state index in [1.807, 2.05) is 13.0 Å². The van der Waals surface area contributed by atoms with E-state index in [0.29, 0.717) is 6.61 Å². The third-order valence-electron chi connectivity index (χ3n) is 3.90. The van der Waals surface area contributed by atoms with Crippen molar-refractivity contribution < 1.29 is 14.3 Å². The fourth-order valence-corrected chi connectivity index (χ4v) is 3.73. The van der Waals surface area contributed by atoms with Crippen LogP contribution in [0.5, 0.6) is 0 Å². The number of fused-ring (bicyclic) bond motifs is 1. The predicted octanol–water partition coefficient (Wildman–Crippen LogP) is 2.76. The minimum Gasteiger partial charge on any atom is -0.466 e. The highest BCUT2D eigenvalue weighted by atomic mass is 32.1. The third-order valence-corrected chi connectivity index (χ3v) is 5.05. The Morgan fingerprint density at radius 1 is 1.35 bits per heavy atom. The van der Waals surface area contributed by atoms with Crippen molar-refractivity contribution in [2.45, 2.75) is 39.0 Å². The highest BCUT2D eigenvalue weighted by molar-refractivity contribution is 7.16. The Labute approximate surface area is 122 Å². The van der Waals surface area contributed by atoms with Gasteiger partial charge in [0, 0.05) is 10.8 Å². The van der Waals surface area contributed by atoms with Crippen LogP contribution in [0.2, 0.25) is 0 Å². The molecule has 20 heavy (non-hydrogen) atoms. The molecular formula is C15H19NO3S. The van der Waals surface area contributed by atoms with Crippen LogP contribution in [0.4, 0.5) is 5.00 Å². The zero-order chi connectivity index (χ0) is 14.1. The summed E-state index contributed by atoms with van der Waals surface area (Å²) >= 11 is 1.65. The van der Waals surface area contributed by atoms with Gasteiger partial charge >= 0.3 is 5.97 Å². The van der Waals surface area contributed by atoms with E-state index in [1.54, 1.807) is 11.3 Å². The Kier molecular flexibility index (Phi) is 3.78. The second-order valence-electron chi connectivity index (χ2n) is 5.51. The van der Waals surface area contributed by atoms with Crippen molar-refractivity contribution in [3.63, 3.8) is 0 Å². The fourth-order valence-electron chi connectivity index (χ4n) is 2.62. The first kappa shape index (κ1) is 13.6. The Morgan fingerprint density at radius 2 is 2.15 bits per heavy atom. The van der Waals surface area contributed by atoms with E-state index in [1.165, 1.54) is 10.4 Å². The molecule has 0 aliphatic heterocycles. The number of hydrogen-bond acceptors (Lipinski definition) is 4. The predicted molar refractivity (Wildman–Crippen MR) is 77.8 cm³/mol. The minimum absolute atomic E-state index is 0.0240. The van der Waals surface area contributed by atoms with Gasteiger partial charge in [-0.2, -0.15) is 0 Å². The molecule has 1 aromatic heterocycles. The Morgan fingerprint density at radius 3 is 2.85 bits per heavy atom. The van der Waals surface area contributed by atoms with Gasteiger partial charge in [-0.05, 0) is 50.7 Å². The molecule has 0 spiro atoms. The first-order valence-corrected chi connectivity index (χ1v) is 8.08. The van der Waals surface area contributed by atoms with Crippen LogP contribution in [-0.4, -0.2) is 18.5 Å².